The quantitative estimate of drug-likeness (QED) is 0.714. The van der Waals surface area contributed by atoms with Gasteiger partial charge in [-0.1, -0.05) is 29.8 Å². The average Bonchev–Trinajstić information content (AvgIpc) is 2.22. The molecule has 3 heteroatoms. The fourth-order valence-corrected chi connectivity index (χ4v) is 1.83. The first-order valence-corrected chi connectivity index (χ1v) is 5.15. The molecule has 0 fully saturated rings. The maximum atomic E-state index is 13.4. The SMILES string of the molecule is NC1C=C(Cc2ccccc2F)CNC1. The molecule has 1 aromatic rings. The van der Waals surface area contributed by atoms with Crippen molar-refractivity contribution >= 4 is 0 Å². The third-order valence-electron chi connectivity index (χ3n) is 2.56. The molecule has 0 aliphatic carbocycles. The van der Waals surface area contributed by atoms with Crippen LogP contribution in [0.25, 0.3) is 0 Å². The largest absolute Gasteiger partial charge is 0.323 e. The molecule has 0 saturated heterocycles. The number of hydrogen-bond donors (Lipinski definition) is 2. The Morgan fingerprint density at radius 2 is 2.20 bits per heavy atom. The van der Waals surface area contributed by atoms with Gasteiger partial charge in [0.05, 0.1) is 0 Å². The molecule has 0 radical (unpaired) electrons. The molecule has 2 rings (SSSR count). The summed E-state index contributed by atoms with van der Waals surface area (Å²) in [5.41, 5.74) is 7.69. The number of nitrogens with two attached hydrogens (primary N) is 1. The Balaban J connectivity index is 2.12. The molecule has 1 heterocycles. The molecule has 0 amide bonds. The van der Waals surface area contributed by atoms with Crippen molar-refractivity contribution in [3.8, 4) is 0 Å². The van der Waals surface area contributed by atoms with Crippen LogP contribution in [0.2, 0.25) is 0 Å². The van der Waals surface area contributed by atoms with Crippen molar-refractivity contribution < 1.29 is 4.39 Å². The van der Waals surface area contributed by atoms with Crippen LogP contribution in [-0.4, -0.2) is 19.1 Å². The van der Waals surface area contributed by atoms with Crippen LogP contribution in [0.15, 0.2) is 35.9 Å². The molecule has 1 atom stereocenters. The Kier molecular flexibility index (Phi) is 3.14. The summed E-state index contributed by atoms with van der Waals surface area (Å²) in [4.78, 5) is 0. The van der Waals surface area contributed by atoms with Crippen LogP contribution < -0.4 is 11.1 Å². The van der Waals surface area contributed by atoms with Crippen molar-refractivity contribution in [2.24, 2.45) is 5.73 Å². The summed E-state index contributed by atoms with van der Waals surface area (Å²) < 4.78 is 13.4. The third-order valence-corrected chi connectivity index (χ3v) is 2.56. The molecule has 2 nitrogen and oxygen atoms in total. The van der Waals surface area contributed by atoms with Gasteiger partial charge in [-0.2, -0.15) is 0 Å². The normalized spacial score (nSPS) is 21.2. The summed E-state index contributed by atoms with van der Waals surface area (Å²) in [6, 6.07) is 6.93. The van der Waals surface area contributed by atoms with Crippen LogP contribution >= 0.6 is 0 Å². The average molecular weight is 206 g/mol. The van der Waals surface area contributed by atoms with E-state index < -0.39 is 0 Å². The van der Waals surface area contributed by atoms with E-state index >= 15 is 0 Å². The van der Waals surface area contributed by atoms with Crippen LogP contribution in [0.4, 0.5) is 4.39 Å². The Hall–Kier alpha value is -1.19. The van der Waals surface area contributed by atoms with E-state index in [1.54, 1.807) is 6.07 Å². The Bertz CT molecular complexity index is 374. The minimum Gasteiger partial charge on any atom is -0.323 e. The molecular weight excluding hydrogens is 191 g/mol. The first-order valence-electron chi connectivity index (χ1n) is 5.15. The second-order valence-corrected chi connectivity index (χ2v) is 3.89. The van der Waals surface area contributed by atoms with Gasteiger partial charge in [0.15, 0.2) is 0 Å². The van der Waals surface area contributed by atoms with Crippen molar-refractivity contribution in [3.63, 3.8) is 0 Å². The first-order chi connectivity index (χ1) is 7.25. The van der Waals surface area contributed by atoms with Crippen molar-refractivity contribution in [2.75, 3.05) is 13.1 Å². The summed E-state index contributed by atoms with van der Waals surface area (Å²) >= 11 is 0. The Morgan fingerprint density at radius 1 is 1.40 bits per heavy atom. The van der Waals surface area contributed by atoms with E-state index in [1.165, 1.54) is 11.6 Å². The van der Waals surface area contributed by atoms with E-state index in [4.69, 9.17) is 5.73 Å². The van der Waals surface area contributed by atoms with Gasteiger partial charge in [0.25, 0.3) is 0 Å². The van der Waals surface area contributed by atoms with Gasteiger partial charge in [-0.3, -0.25) is 0 Å². The summed E-state index contributed by atoms with van der Waals surface area (Å²) in [6.07, 6.45) is 2.68. The zero-order valence-corrected chi connectivity index (χ0v) is 8.54. The van der Waals surface area contributed by atoms with Gasteiger partial charge in [0, 0.05) is 19.1 Å². The molecule has 0 spiro atoms. The molecule has 1 aliphatic heterocycles. The first kappa shape index (κ1) is 10.3. The fourth-order valence-electron chi connectivity index (χ4n) is 1.83. The number of hydrogen-bond acceptors (Lipinski definition) is 2. The molecule has 80 valence electrons. The van der Waals surface area contributed by atoms with Crippen LogP contribution in [0.3, 0.4) is 0 Å². The molecular formula is C12H15FN2. The van der Waals surface area contributed by atoms with E-state index in [0.29, 0.717) is 6.42 Å². The summed E-state index contributed by atoms with van der Waals surface area (Å²) in [5.74, 6) is -0.141. The van der Waals surface area contributed by atoms with Gasteiger partial charge in [-0.15, -0.1) is 0 Å². The standard InChI is InChI=1S/C12H15FN2/c13-12-4-2-1-3-10(12)5-9-6-11(14)8-15-7-9/h1-4,6,11,15H,5,7-8,14H2. The van der Waals surface area contributed by atoms with Crippen molar-refractivity contribution in [1.82, 2.24) is 5.32 Å². The molecule has 0 saturated carbocycles. The van der Waals surface area contributed by atoms with Crippen LogP contribution in [0.1, 0.15) is 5.56 Å². The third kappa shape index (κ3) is 2.64. The van der Waals surface area contributed by atoms with E-state index in [0.717, 1.165) is 18.7 Å². The van der Waals surface area contributed by atoms with E-state index in [-0.39, 0.29) is 11.9 Å². The zero-order chi connectivity index (χ0) is 10.7. The molecule has 15 heavy (non-hydrogen) atoms. The van der Waals surface area contributed by atoms with Gasteiger partial charge in [-0.25, -0.2) is 4.39 Å². The van der Waals surface area contributed by atoms with Crippen LogP contribution in [-0.2, 0) is 6.42 Å². The predicted molar refractivity (Wildman–Crippen MR) is 59.0 cm³/mol. The van der Waals surface area contributed by atoms with Crippen molar-refractivity contribution in [1.29, 1.82) is 0 Å². The maximum Gasteiger partial charge on any atom is 0.126 e. The highest BCUT2D eigenvalue weighted by Crippen LogP contribution is 2.13. The number of nitrogens with one attached hydrogen (secondary N) is 1. The van der Waals surface area contributed by atoms with E-state index in [1.807, 2.05) is 18.2 Å². The highest BCUT2D eigenvalue weighted by molar-refractivity contribution is 5.26. The zero-order valence-electron chi connectivity index (χ0n) is 8.54. The lowest BCUT2D eigenvalue weighted by atomic mass is 10.0. The number of halogens is 1. The van der Waals surface area contributed by atoms with E-state index in [9.17, 15) is 4.39 Å². The molecule has 1 aromatic carbocycles. The Labute approximate surface area is 89.0 Å². The minimum atomic E-state index is -0.141. The van der Waals surface area contributed by atoms with Gasteiger partial charge in [0.2, 0.25) is 0 Å². The molecule has 0 aromatic heterocycles. The number of rotatable bonds is 2. The van der Waals surface area contributed by atoms with Gasteiger partial charge >= 0.3 is 0 Å². The van der Waals surface area contributed by atoms with Gasteiger partial charge < -0.3 is 11.1 Å². The topological polar surface area (TPSA) is 38.0 Å². The highest BCUT2D eigenvalue weighted by atomic mass is 19.1. The van der Waals surface area contributed by atoms with Crippen LogP contribution in [0, 0.1) is 5.82 Å². The highest BCUT2D eigenvalue weighted by Gasteiger charge is 2.10. The second kappa shape index (κ2) is 4.55. The van der Waals surface area contributed by atoms with Crippen molar-refractivity contribution in [2.45, 2.75) is 12.5 Å². The lowest BCUT2D eigenvalue weighted by Gasteiger charge is -2.19. The maximum absolute atomic E-state index is 13.4. The lowest BCUT2D eigenvalue weighted by Crippen LogP contribution is -2.38. The molecule has 0 bridgehead atoms. The van der Waals surface area contributed by atoms with Crippen LogP contribution in [0.5, 0.6) is 0 Å². The molecule has 1 aliphatic rings. The summed E-state index contributed by atoms with van der Waals surface area (Å²) in [7, 11) is 0. The fraction of sp³-hybridized carbons (Fsp3) is 0.333. The summed E-state index contributed by atoms with van der Waals surface area (Å²) in [6.45, 7) is 1.61. The monoisotopic (exact) mass is 206 g/mol. The second-order valence-electron chi connectivity index (χ2n) is 3.89. The Morgan fingerprint density at radius 3 is 2.93 bits per heavy atom. The van der Waals surface area contributed by atoms with Gasteiger partial charge in [-0.05, 0) is 18.1 Å². The lowest BCUT2D eigenvalue weighted by molar-refractivity contribution is 0.600. The minimum absolute atomic E-state index is 0.0560. The number of benzene rings is 1. The van der Waals surface area contributed by atoms with Gasteiger partial charge in [0.1, 0.15) is 5.82 Å². The van der Waals surface area contributed by atoms with Crippen molar-refractivity contribution in [3.05, 3.63) is 47.3 Å². The summed E-state index contributed by atoms with van der Waals surface area (Å²) in [5, 5.41) is 3.21. The predicted octanol–water partition coefficient (Wildman–Crippen LogP) is 1.23. The molecule has 3 N–H and O–H groups in total. The molecule has 1 unspecified atom stereocenters. The smallest absolute Gasteiger partial charge is 0.126 e. The van der Waals surface area contributed by atoms with E-state index in [2.05, 4.69) is 5.32 Å².